The quantitative estimate of drug-likeness (QED) is 0.815. The number of benzene rings is 1. The Morgan fingerprint density at radius 2 is 1.94 bits per heavy atom. The smallest absolute Gasteiger partial charge is 0.407 e. The Morgan fingerprint density at radius 3 is 2.56 bits per heavy atom. The molecule has 0 fully saturated rings. The fourth-order valence-corrected chi connectivity index (χ4v) is 1.55. The standard InChI is InChI=1S/C14H22N2O2/c1-11(15)8-9-12(2)16-14(17)18-10-13-6-4-3-5-7-13/h3-7,11-12H,8-10,15H2,1-2H3,(H,16,17)/t11-,12-/m1/s1. The van der Waals surface area contributed by atoms with E-state index in [1.165, 1.54) is 0 Å². The van der Waals surface area contributed by atoms with Crippen LogP contribution >= 0.6 is 0 Å². The zero-order valence-corrected chi connectivity index (χ0v) is 11.1. The van der Waals surface area contributed by atoms with Crippen molar-refractivity contribution in [2.45, 2.75) is 45.4 Å². The summed E-state index contributed by atoms with van der Waals surface area (Å²) in [6.07, 6.45) is 1.37. The maximum Gasteiger partial charge on any atom is 0.407 e. The Hall–Kier alpha value is -1.55. The Balaban J connectivity index is 2.21. The van der Waals surface area contributed by atoms with E-state index in [9.17, 15) is 4.79 Å². The van der Waals surface area contributed by atoms with Crippen molar-refractivity contribution in [2.75, 3.05) is 0 Å². The van der Waals surface area contributed by atoms with E-state index in [1.54, 1.807) is 0 Å². The van der Waals surface area contributed by atoms with Crippen LogP contribution in [0.1, 0.15) is 32.3 Å². The lowest BCUT2D eigenvalue weighted by Crippen LogP contribution is -2.34. The number of alkyl carbamates (subject to hydrolysis) is 1. The Bertz CT molecular complexity index is 352. The van der Waals surface area contributed by atoms with Crippen LogP contribution < -0.4 is 11.1 Å². The number of hydrogen-bond acceptors (Lipinski definition) is 3. The van der Waals surface area contributed by atoms with Gasteiger partial charge in [0.15, 0.2) is 0 Å². The normalized spacial score (nSPS) is 13.7. The molecule has 18 heavy (non-hydrogen) atoms. The van der Waals surface area contributed by atoms with Crippen molar-refractivity contribution in [3.05, 3.63) is 35.9 Å². The van der Waals surface area contributed by atoms with Crippen molar-refractivity contribution < 1.29 is 9.53 Å². The molecular weight excluding hydrogens is 228 g/mol. The van der Waals surface area contributed by atoms with Gasteiger partial charge in [-0.2, -0.15) is 0 Å². The summed E-state index contributed by atoms with van der Waals surface area (Å²) < 4.78 is 5.12. The van der Waals surface area contributed by atoms with Crippen molar-refractivity contribution in [1.82, 2.24) is 5.32 Å². The molecule has 100 valence electrons. The number of ether oxygens (including phenoxy) is 1. The number of carbonyl (C=O) groups is 1. The Kier molecular flexibility index (Phi) is 6.22. The Labute approximate surface area is 109 Å². The van der Waals surface area contributed by atoms with Crippen molar-refractivity contribution in [3.63, 3.8) is 0 Å². The molecule has 3 N–H and O–H groups in total. The highest BCUT2D eigenvalue weighted by atomic mass is 16.5. The topological polar surface area (TPSA) is 64.3 Å². The summed E-state index contributed by atoms with van der Waals surface area (Å²) >= 11 is 0. The molecule has 0 saturated carbocycles. The van der Waals surface area contributed by atoms with Gasteiger partial charge in [0.1, 0.15) is 6.61 Å². The second-order valence-corrected chi connectivity index (χ2v) is 4.66. The molecule has 1 rings (SSSR count). The number of carbonyl (C=O) groups excluding carboxylic acids is 1. The summed E-state index contributed by atoms with van der Waals surface area (Å²) in [5.74, 6) is 0. The number of rotatable bonds is 6. The lowest BCUT2D eigenvalue weighted by Gasteiger charge is -2.15. The fraction of sp³-hybridized carbons (Fsp3) is 0.500. The van der Waals surface area contributed by atoms with Gasteiger partial charge in [-0.25, -0.2) is 4.79 Å². The van der Waals surface area contributed by atoms with Gasteiger partial charge in [-0.05, 0) is 32.3 Å². The minimum absolute atomic E-state index is 0.0827. The first kappa shape index (κ1) is 14.5. The molecule has 1 aromatic carbocycles. The largest absolute Gasteiger partial charge is 0.445 e. The van der Waals surface area contributed by atoms with Gasteiger partial charge in [0, 0.05) is 12.1 Å². The van der Waals surface area contributed by atoms with Crippen LogP contribution in [0.3, 0.4) is 0 Å². The zero-order chi connectivity index (χ0) is 13.4. The highest BCUT2D eigenvalue weighted by Crippen LogP contribution is 2.02. The van der Waals surface area contributed by atoms with Crippen LogP contribution in [0.2, 0.25) is 0 Å². The maximum atomic E-state index is 11.5. The first-order chi connectivity index (χ1) is 8.58. The lowest BCUT2D eigenvalue weighted by atomic mass is 10.1. The zero-order valence-electron chi connectivity index (χ0n) is 11.1. The Morgan fingerprint density at radius 1 is 1.28 bits per heavy atom. The number of nitrogens with one attached hydrogen (secondary N) is 1. The second-order valence-electron chi connectivity index (χ2n) is 4.66. The highest BCUT2D eigenvalue weighted by molar-refractivity contribution is 5.67. The molecular formula is C14H22N2O2. The molecule has 0 aliphatic rings. The summed E-state index contributed by atoms with van der Waals surface area (Å²) in [7, 11) is 0. The summed E-state index contributed by atoms with van der Waals surface area (Å²) in [4.78, 5) is 11.5. The van der Waals surface area contributed by atoms with E-state index in [0.717, 1.165) is 18.4 Å². The van der Waals surface area contributed by atoms with Gasteiger partial charge in [-0.15, -0.1) is 0 Å². The average molecular weight is 250 g/mol. The van der Waals surface area contributed by atoms with Crippen LogP contribution in [0.25, 0.3) is 0 Å². The number of amides is 1. The number of nitrogens with two attached hydrogens (primary N) is 1. The predicted octanol–water partition coefficient (Wildman–Crippen LogP) is 2.43. The van der Waals surface area contributed by atoms with Gasteiger partial charge in [0.25, 0.3) is 0 Å². The predicted molar refractivity (Wildman–Crippen MR) is 72.1 cm³/mol. The second kappa shape index (κ2) is 7.71. The van der Waals surface area contributed by atoms with E-state index in [2.05, 4.69) is 5.32 Å². The maximum absolute atomic E-state index is 11.5. The van der Waals surface area contributed by atoms with E-state index in [-0.39, 0.29) is 18.2 Å². The van der Waals surface area contributed by atoms with E-state index >= 15 is 0 Å². The van der Waals surface area contributed by atoms with Gasteiger partial charge in [-0.1, -0.05) is 30.3 Å². The summed E-state index contributed by atoms with van der Waals surface area (Å²) in [6.45, 7) is 4.21. The molecule has 0 heterocycles. The third-order valence-corrected chi connectivity index (χ3v) is 2.63. The van der Waals surface area contributed by atoms with Crippen molar-refractivity contribution in [1.29, 1.82) is 0 Å². The van der Waals surface area contributed by atoms with E-state index in [4.69, 9.17) is 10.5 Å². The third kappa shape index (κ3) is 6.25. The van der Waals surface area contributed by atoms with Crippen LogP contribution in [0.4, 0.5) is 4.79 Å². The molecule has 0 aliphatic carbocycles. The molecule has 4 heteroatoms. The van der Waals surface area contributed by atoms with Gasteiger partial charge >= 0.3 is 6.09 Å². The summed E-state index contributed by atoms with van der Waals surface area (Å²) in [5, 5.41) is 2.79. The molecule has 1 aromatic rings. The first-order valence-electron chi connectivity index (χ1n) is 6.30. The van der Waals surface area contributed by atoms with E-state index < -0.39 is 0 Å². The van der Waals surface area contributed by atoms with Crippen molar-refractivity contribution in [3.8, 4) is 0 Å². The van der Waals surface area contributed by atoms with Crippen LogP contribution in [0.5, 0.6) is 0 Å². The van der Waals surface area contributed by atoms with Gasteiger partial charge in [0.05, 0.1) is 0 Å². The van der Waals surface area contributed by atoms with E-state index in [1.807, 2.05) is 44.2 Å². The van der Waals surface area contributed by atoms with Crippen LogP contribution in [-0.4, -0.2) is 18.2 Å². The van der Waals surface area contributed by atoms with Crippen LogP contribution in [-0.2, 0) is 11.3 Å². The molecule has 0 aliphatic heterocycles. The molecule has 4 nitrogen and oxygen atoms in total. The van der Waals surface area contributed by atoms with Crippen molar-refractivity contribution in [2.24, 2.45) is 5.73 Å². The molecule has 0 radical (unpaired) electrons. The monoisotopic (exact) mass is 250 g/mol. The molecule has 0 bridgehead atoms. The van der Waals surface area contributed by atoms with Crippen molar-refractivity contribution >= 4 is 6.09 Å². The fourth-order valence-electron chi connectivity index (χ4n) is 1.55. The molecule has 0 spiro atoms. The van der Waals surface area contributed by atoms with Gasteiger partial charge in [0.2, 0.25) is 0 Å². The minimum Gasteiger partial charge on any atom is -0.445 e. The summed E-state index contributed by atoms with van der Waals surface area (Å²) in [6, 6.07) is 9.86. The molecule has 1 amide bonds. The molecule has 0 unspecified atom stereocenters. The summed E-state index contributed by atoms with van der Waals surface area (Å²) in [5.41, 5.74) is 6.64. The molecule has 0 aromatic heterocycles. The van der Waals surface area contributed by atoms with Gasteiger partial charge < -0.3 is 15.8 Å². The van der Waals surface area contributed by atoms with Crippen LogP contribution in [0, 0.1) is 0 Å². The first-order valence-corrected chi connectivity index (χ1v) is 6.30. The van der Waals surface area contributed by atoms with Crippen LogP contribution in [0.15, 0.2) is 30.3 Å². The molecule has 0 saturated heterocycles. The minimum atomic E-state index is -0.379. The lowest BCUT2D eigenvalue weighted by molar-refractivity contribution is 0.135. The number of hydrogen-bond donors (Lipinski definition) is 2. The highest BCUT2D eigenvalue weighted by Gasteiger charge is 2.09. The van der Waals surface area contributed by atoms with Gasteiger partial charge in [-0.3, -0.25) is 0 Å². The molecule has 2 atom stereocenters. The third-order valence-electron chi connectivity index (χ3n) is 2.63. The average Bonchev–Trinajstić information content (AvgIpc) is 2.35. The SMILES string of the molecule is C[C@H](CC[C@@H](C)N)NC(=O)OCc1ccccc1. The van der Waals surface area contributed by atoms with E-state index in [0.29, 0.717) is 6.61 Å².